The minimum absolute atomic E-state index is 0.0687. The molecule has 1 fully saturated rings. The van der Waals surface area contributed by atoms with Gasteiger partial charge in [0.2, 0.25) is 0 Å². The van der Waals surface area contributed by atoms with Crippen LogP contribution in [0.2, 0.25) is 0 Å². The summed E-state index contributed by atoms with van der Waals surface area (Å²) in [4.78, 5) is 20.6. The van der Waals surface area contributed by atoms with E-state index in [4.69, 9.17) is 24.3 Å². The molecule has 3 heterocycles. The predicted octanol–water partition coefficient (Wildman–Crippen LogP) is 5.32. The Bertz CT molecular complexity index is 1610. The van der Waals surface area contributed by atoms with Gasteiger partial charge in [0.25, 0.3) is 0 Å². The first-order valence-corrected chi connectivity index (χ1v) is 14.9. The summed E-state index contributed by atoms with van der Waals surface area (Å²) in [7, 11) is -4.25. The number of aromatic nitrogens is 3. The van der Waals surface area contributed by atoms with Crippen LogP contribution in [0.25, 0.3) is 21.8 Å². The number of nitrogens with one attached hydrogen (secondary N) is 1. The first kappa shape index (κ1) is 28.9. The van der Waals surface area contributed by atoms with Gasteiger partial charge in [-0.3, -0.25) is 9.32 Å². The highest BCUT2D eigenvalue weighted by Gasteiger charge is 2.50. The third-order valence-corrected chi connectivity index (χ3v) is 8.75. The van der Waals surface area contributed by atoms with Crippen molar-refractivity contribution in [3.8, 4) is 5.75 Å². The van der Waals surface area contributed by atoms with Crippen LogP contribution in [0.4, 0.5) is 10.2 Å². The Morgan fingerprint density at radius 3 is 2.76 bits per heavy atom. The molecule has 0 amide bonds. The molecular weight excluding hydrogens is 552 g/mol. The second-order valence-corrected chi connectivity index (χ2v) is 11.9. The van der Waals surface area contributed by atoms with Gasteiger partial charge in [0.05, 0.1) is 24.2 Å². The first-order chi connectivity index (χ1) is 19.5. The maximum Gasteiger partial charge on any atom is 0.459 e. The van der Waals surface area contributed by atoms with Crippen molar-refractivity contribution in [2.45, 2.75) is 64.3 Å². The Labute approximate surface area is 236 Å². The minimum atomic E-state index is -4.25. The summed E-state index contributed by atoms with van der Waals surface area (Å²) < 4.78 is 55.0. The van der Waals surface area contributed by atoms with E-state index < -0.39 is 43.9 Å². The molecule has 4 aromatic rings. The number of esters is 1. The summed E-state index contributed by atoms with van der Waals surface area (Å²) in [6, 6.07) is 13.4. The smallest absolute Gasteiger partial charge is 0.459 e. The SMILES string of the molecule is CCOC(=O)[C@H](C)NP(=O)(Oc1cccc2ccccc12)OC(C)[C@@H]1C[C@@](C)(F)[C@H](n2ccc3c(N)ncnc32)O1. The van der Waals surface area contributed by atoms with E-state index in [1.54, 1.807) is 42.8 Å². The lowest BCUT2D eigenvalue weighted by atomic mass is 10.00. The Morgan fingerprint density at radius 1 is 1.22 bits per heavy atom. The number of alkyl halides is 1. The van der Waals surface area contributed by atoms with Gasteiger partial charge in [-0.05, 0) is 45.2 Å². The van der Waals surface area contributed by atoms with E-state index in [0.29, 0.717) is 22.2 Å². The molecule has 1 saturated heterocycles. The van der Waals surface area contributed by atoms with E-state index in [-0.39, 0.29) is 18.8 Å². The molecule has 2 aromatic heterocycles. The van der Waals surface area contributed by atoms with E-state index in [1.807, 2.05) is 30.3 Å². The summed E-state index contributed by atoms with van der Waals surface area (Å²) >= 11 is 0. The Hall–Kier alpha value is -3.57. The molecule has 0 spiro atoms. The second-order valence-electron chi connectivity index (χ2n) is 10.2. The number of benzene rings is 2. The van der Waals surface area contributed by atoms with Gasteiger partial charge in [0.1, 0.15) is 29.6 Å². The number of nitrogens with zero attached hydrogens (tertiary/aromatic N) is 3. The van der Waals surface area contributed by atoms with Crippen LogP contribution in [0.5, 0.6) is 5.75 Å². The van der Waals surface area contributed by atoms with Crippen molar-refractivity contribution in [1.29, 1.82) is 0 Å². The third-order valence-electron chi connectivity index (χ3n) is 7.00. The molecule has 2 aromatic carbocycles. The fourth-order valence-electron chi connectivity index (χ4n) is 4.99. The first-order valence-electron chi connectivity index (χ1n) is 13.3. The number of nitrogens with two attached hydrogens (primary N) is 1. The number of hydrogen-bond donors (Lipinski definition) is 2. The van der Waals surface area contributed by atoms with Gasteiger partial charge in [-0.25, -0.2) is 18.9 Å². The number of nitrogen functional groups attached to an aromatic ring is 1. The van der Waals surface area contributed by atoms with Crippen molar-refractivity contribution in [1.82, 2.24) is 19.6 Å². The van der Waals surface area contributed by atoms with Crippen molar-refractivity contribution in [2.75, 3.05) is 12.3 Å². The van der Waals surface area contributed by atoms with Crippen molar-refractivity contribution < 1.29 is 32.3 Å². The van der Waals surface area contributed by atoms with Crippen LogP contribution < -0.4 is 15.3 Å². The molecule has 6 atom stereocenters. The predicted molar refractivity (Wildman–Crippen MR) is 152 cm³/mol. The van der Waals surface area contributed by atoms with Gasteiger partial charge in [0, 0.05) is 18.0 Å². The number of halogens is 1. The van der Waals surface area contributed by atoms with Crippen molar-refractivity contribution in [3.05, 3.63) is 61.1 Å². The lowest BCUT2D eigenvalue weighted by molar-refractivity contribution is -0.144. The summed E-state index contributed by atoms with van der Waals surface area (Å²) in [5.74, 6) is -0.0625. The molecule has 218 valence electrons. The monoisotopic (exact) mass is 585 g/mol. The number of carbonyl (C=O) groups is 1. The molecular formula is C28H33FN5O6P. The summed E-state index contributed by atoms with van der Waals surface area (Å²) in [6.45, 7) is 6.36. The Balaban J connectivity index is 1.41. The molecule has 0 radical (unpaired) electrons. The van der Waals surface area contributed by atoms with Crippen LogP contribution in [0.1, 0.15) is 40.3 Å². The fraction of sp³-hybridized carbons (Fsp3) is 0.393. The van der Waals surface area contributed by atoms with Gasteiger partial charge in [0.15, 0.2) is 11.9 Å². The van der Waals surface area contributed by atoms with Crippen LogP contribution in [0, 0.1) is 0 Å². The van der Waals surface area contributed by atoms with Gasteiger partial charge < -0.3 is 24.3 Å². The van der Waals surface area contributed by atoms with Gasteiger partial charge in [-0.1, -0.05) is 36.4 Å². The lowest BCUT2D eigenvalue weighted by Gasteiger charge is -2.28. The quantitative estimate of drug-likeness (QED) is 0.186. The van der Waals surface area contributed by atoms with E-state index in [0.717, 1.165) is 5.39 Å². The highest BCUT2D eigenvalue weighted by Crippen LogP contribution is 2.51. The summed E-state index contributed by atoms with van der Waals surface area (Å²) in [5, 5.41) is 4.82. The molecule has 0 aliphatic carbocycles. The number of carbonyl (C=O) groups excluding carboxylic acids is 1. The lowest BCUT2D eigenvalue weighted by Crippen LogP contribution is -2.37. The molecule has 0 bridgehead atoms. The maximum absolute atomic E-state index is 16.0. The molecule has 1 aliphatic rings. The third kappa shape index (κ3) is 5.92. The number of hydrogen-bond acceptors (Lipinski definition) is 9. The van der Waals surface area contributed by atoms with E-state index in [2.05, 4.69) is 15.1 Å². The maximum atomic E-state index is 16.0. The average molecular weight is 586 g/mol. The van der Waals surface area contributed by atoms with Crippen molar-refractivity contribution >= 4 is 41.3 Å². The van der Waals surface area contributed by atoms with Crippen LogP contribution in [0.15, 0.2) is 61.1 Å². The number of rotatable bonds is 10. The van der Waals surface area contributed by atoms with Crippen LogP contribution in [-0.4, -0.2) is 51.0 Å². The molecule has 3 N–H and O–H groups in total. The average Bonchev–Trinajstić information content (AvgIpc) is 3.49. The molecule has 2 unspecified atom stereocenters. The zero-order chi connectivity index (χ0) is 29.4. The molecule has 0 saturated carbocycles. The van der Waals surface area contributed by atoms with Gasteiger partial charge in [-0.15, -0.1) is 0 Å². The van der Waals surface area contributed by atoms with Crippen LogP contribution >= 0.6 is 7.75 Å². The summed E-state index contributed by atoms with van der Waals surface area (Å²) in [6.07, 6.45) is 0.0774. The Kier molecular flexibility index (Phi) is 8.02. The van der Waals surface area contributed by atoms with Crippen LogP contribution in [0.3, 0.4) is 0 Å². The number of fused-ring (bicyclic) bond motifs is 2. The van der Waals surface area contributed by atoms with Crippen molar-refractivity contribution in [3.63, 3.8) is 0 Å². The van der Waals surface area contributed by atoms with Crippen LogP contribution in [-0.2, 0) is 23.4 Å². The normalized spacial score (nSPS) is 23.7. The summed E-state index contributed by atoms with van der Waals surface area (Å²) in [5.41, 5.74) is 4.55. The standard InChI is InChI=1S/C28H33FN5O6P/c1-5-37-26(35)17(2)33-41(36,40-22-12-8-10-19-9-6-7-11-20(19)22)39-18(3)23-15-28(4,29)27(38-23)34-14-13-21-24(30)31-16-32-25(21)34/h6-14,16-18,23,27H,5,15H2,1-4H3,(H,33,36)(H2,30,31,32)/t17-,18?,23-,27+,28+,41?/m0/s1. The van der Waals surface area contributed by atoms with E-state index in [9.17, 15) is 9.36 Å². The largest absolute Gasteiger partial charge is 0.465 e. The Morgan fingerprint density at radius 2 is 1.98 bits per heavy atom. The molecule has 11 nitrogen and oxygen atoms in total. The van der Waals surface area contributed by atoms with E-state index >= 15 is 4.39 Å². The highest BCUT2D eigenvalue weighted by atomic mass is 31.2. The topological polar surface area (TPSA) is 140 Å². The molecule has 41 heavy (non-hydrogen) atoms. The second kappa shape index (κ2) is 11.4. The molecule has 13 heteroatoms. The van der Waals surface area contributed by atoms with Gasteiger partial charge in [-0.2, -0.15) is 5.09 Å². The number of ether oxygens (including phenoxy) is 2. The van der Waals surface area contributed by atoms with E-state index in [1.165, 1.54) is 20.2 Å². The zero-order valence-electron chi connectivity index (χ0n) is 23.2. The zero-order valence-corrected chi connectivity index (χ0v) is 24.1. The molecule has 5 rings (SSSR count). The minimum Gasteiger partial charge on any atom is -0.465 e. The fourth-order valence-corrected chi connectivity index (χ4v) is 6.72. The van der Waals surface area contributed by atoms with Gasteiger partial charge >= 0.3 is 13.7 Å². The highest BCUT2D eigenvalue weighted by molar-refractivity contribution is 7.52. The van der Waals surface area contributed by atoms with Crippen molar-refractivity contribution in [2.24, 2.45) is 0 Å². The number of anilines is 1. The molecule has 1 aliphatic heterocycles.